The minimum Gasteiger partial charge on any atom is -0.258 e. The standard InChI is InChI=1S/C19H13N3O2S/c1-13-4-2-5-14(8-13)9-16(11-20)19-21-18(12-25-19)15-6-3-7-17(10-15)22(23)24/h2-10,12H,1H3/b16-9-. The number of nitro benzene ring substituents is 1. The first-order valence-corrected chi connectivity index (χ1v) is 8.34. The van der Waals surface area contributed by atoms with E-state index < -0.39 is 4.92 Å². The summed E-state index contributed by atoms with van der Waals surface area (Å²) >= 11 is 1.34. The Hall–Kier alpha value is -3.30. The monoisotopic (exact) mass is 347 g/mol. The average molecular weight is 347 g/mol. The Bertz CT molecular complexity index is 1020. The molecule has 0 unspecified atom stereocenters. The van der Waals surface area contributed by atoms with Crippen LogP contribution in [0.2, 0.25) is 0 Å². The third-order valence-corrected chi connectivity index (χ3v) is 4.44. The number of aromatic nitrogens is 1. The van der Waals surface area contributed by atoms with Crippen molar-refractivity contribution < 1.29 is 4.92 Å². The van der Waals surface area contributed by atoms with Gasteiger partial charge in [0, 0.05) is 23.1 Å². The zero-order valence-corrected chi connectivity index (χ0v) is 14.2. The van der Waals surface area contributed by atoms with E-state index in [1.54, 1.807) is 23.6 Å². The summed E-state index contributed by atoms with van der Waals surface area (Å²) in [6, 6.07) is 16.3. The van der Waals surface area contributed by atoms with Gasteiger partial charge in [-0.3, -0.25) is 10.1 Å². The van der Waals surface area contributed by atoms with E-state index in [0.29, 0.717) is 21.8 Å². The highest BCUT2D eigenvalue weighted by Gasteiger charge is 2.12. The van der Waals surface area contributed by atoms with Crippen molar-refractivity contribution in [3.8, 4) is 17.3 Å². The van der Waals surface area contributed by atoms with Crippen LogP contribution >= 0.6 is 11.3 Å². The Morgan fingerprint density at radius 3 is 2.80 bits per heavy atom. The van der Waals surface area contributed by atoms with E-state index in [9.17, 15) is 15.4 Å². The van der Waals surface area contributed by atoms with E-state index >= 15 is 0 Å². The molecule has 2 aromatic carbocycles. The molecule has 0 atom stereocenters. The number of allylic oxidation sites excluding steroid dienone is 1. The summed E-state index contributed by atoms with van der Waals surface area (Å²) in [6.07, 6.45) is 1.79. The normalized spacial score (nSPS) is 11.1. The second-order valence-electron chi connectivity index (χ2n) is 5.43. The Balaban J connectivity index is 1.96. The van der Waals surface area contributed by atoms with Gasteiger partial charge in [0.1, 0.15) is 11.1 Å². The van der Waals surface area contributed by atoms with E-state index in [-0.39, 0.29) is 5.69 Å². The molecule has 25 heavy (non-hydrogen) atoms. The van der Waals surface area contributed by atoms with Crippen molar-refractivity contribution in [1.29, 1.82) is 5.26 Å². The Labute approximate surface area is 148 Å². The summed E-state index contributed by atoms with van der Waals surface area (Å²) in [6.45, 7) is 1.99. The maximum Gasteiger partial charge on any atom is 0.270 e. The Kier molecular flexibility index (Phi) is 4.68. The summed E-state index contributed by atoms with van der Waals surface area (Å²) in [5, 5.41) is 22.8. The number of hydrogen-bond acceptors (Lipinski definition) is 5. The fraction of sp³-hybridized carbons (Fsp3) is 0.0526. The van der Waals surface area contributed by atoms with Crippen molar-refractivity contribution >= 4 is 28.7 Å². The molecule has 0 saturated carbocycles. The van der Waals surface area contributed by atoms with Crippen LogP contribution in [0.15, 0.2) is 53.9 Å². The van der Waals surface area contributed by atoms with E-state index in [1.807, 2.05) is 31.2 Å². The first kappa shape index (κ1) is 16.6. The van der Waals surface area contributed by atoms with Crippen molar-refractivity contribution in [2.24, 2.45) is 0 Å². The fourth-order valence-corrected chi connectivity index (χ4v) is 3.17. The number of aryl methyl sites for hydroxylation is 1. The van der Waals surface area contributed by atoms with Gasteiger partial charge in [-0.25, -0.2) is 4.98 Å². The summed E-state index contributed by atoms with van der Waals surface area (Å²) < 4.78 is 0. The van der Waals surface area contributed by atoms with Gasteiger partial charge < -0.3 is 0 Å². The SMILES string of the molecule is Cc1cccc(/C=C(/C#N)c2nc(-c3cccc([N+](=O)[O-])c3)cs2)c1. The molecule has 0 aliphatic carbocycles. The minimum absolute atomic E-state index is 0.0165. The predicted molar refractivity (Wildman–Crippen MR) is 98.9 cm³/mol. The van der Waals surface area contributed by atoms with Crippen LogP contribution in [-0.4, -0.2) is 9.91 Å². The van der Waals surface area contributed by atoms with Gasteiger partial charge in [-0.1, -0.05) is 42.0 Å². The number of nitro groups is 1. The predicted octanol–water partition coefficient (Wildman–Crippen LogP) is 5.09. The molecule has 3 aromatic rings. The topological polar surface area (TPSA) is 79.8 Å². The first-order valence-electron chi connectivity index (χ1n) is 7.46. The van der Waals surface area contributed by atoms with E-state index in [2.05, 4.69) is 11.1 Å². The molecule has 0 N–H and O–H groups in total. The molecule has 122 valence electrons. The van der Waals surface area contributed by atoms with E-state index in [1.165, 1.54) is 23.5 Å². The van der Waals surface area contributed by atoms with Gasteiger partial charge in [0.2, 0.25) is 0 Å². The maximum absolute atomic E-state index is 10.9. The van der Waals surface area contributed by atoms with Crippen molar-refractivity contribution in [3.05, 3.63) is 80.2 Å². The molecule has 1 heterocycles. The first-order chi connectivity index (χ1) is 12.1. The Morgan fingerprint density at radius 2 is 2.08 bits per heavy atom. The van der Waals surface area contributed by atoms with Gasteiger partial charge in [-0.05, 0) is 18.6 Å². The van der Waals surface area contributed by atoms with Crippen LogP contribution in [-0.2, 0) is 0 Å². The highest BCUT2D eigenvalue weighted by atomic mass is 32.1. The van der Waals surface area contributed by atoms with Crippen LogP contribution in [0.3, 0.4) is 0 Å². The quantitative estimate of drug-likeness (QED) is 0.374. The maximum atomic E-state index is 10.9. The largest absolute Gasteiger partial charge is 0.270 e. The average Bonchev–Trinajstić information content (AvgIpc) is 3.10. The highest BCUT2D eigenvalue weighted by Crippen LogP contribution is 2.29. The van der Waals surface area contributed by atoms with Crippen molar-refractivity contribution in [2.75, 3.05) is 0 Å². The molecule has 0 amide bonds. The summed E-state index contributed by atoms with van der Waals surface area (Å²) in [5.41, 5.74) is 3.81. The van der Waals surface area contributed by atoms with Crippen LogP contribution in [0.1, 0.15) is 16.1 Å². The van der Waals surface area contributed by atoms with Crippen molar-refractivity contribution in [1.82, 2.24) is 4.98 Å². The van der Waals surface area contributed by atoms with Crippen LogP contribution in [0, 0.1) is 28.4 Å². The second kappa shape index (κ2) is 7.07. The molecule has 3 rings (SSSR count). The lowest BCUT2D eigenvalue weighted by Gasteiger charge is -1.98. The molecule has 0 radical (unpaired) electrons. The third-order valence-electron chi connectivity index (χ3n) is 3.56. The molecule has 5 nitrogen and oxygen atoms in total. The number of hydrogen-bond donors (Lipinski definition) is 0. The van der Waals surface area contributed by atoms with Crippen LogP contribution in [0.25, 0.3) is 22.9 Å². The van der Waals surface area contributed by atoms with Gasteiger partial charge >= 0.3 is 0 Å². The molecule has 0 spiro atoms. The number of non-ortho nitro benzene ring substituents is 1. The molecular weight excluding hydrogens is 334 g/mol. The van der Waals surface area contributed by atoms with Crippen LogP contribution in [0.5, 0.6) is 0 Å². The number of thiazole rings is 1. The zero-order chi connectivity index (χ0) is 17.8. The summed E-state index contributed by atoms with van der Waals surface area (Å²) in [7, 11) is 0. The highest BCUT2D eigenvalue weighted by molar-refractivity contribution is 7.11. The number of rotatable bonds is 4. The van der Waals surface area contributed by atoms with Gasteiger partial charge in [0.15, 0.2) is 0 Å². The molecule has 0 aliphatic heterocycles. The molecule has 0 aliphatic rings. The molecule has 6 heteroatoms. The van der Waals surface area contributed by atoms with Crippen molar-refractivity contribution in [3.63, 3.8) is 0 Å². The molecule has 0 saturated heterocycles. The smallest absolute Gasteiger partial charge is 0.258 e. The lowest BCUT2D eigenvalue weighted by molar-refractivity contribution is -0.384. The summed E-state index contributed by atoms with van der Waals surface area (Å²) in [5.74, 6) is 0. The second-order valence-corrected chi connectivity index (χ2v) is 6.29. The van der Waals surface area contributed by atoms with Crippen LogP contribution in [0.4, 0.5) is 5.69 Å². The zero-order valence-electron chi connectivity index (χ0n) is 13.3. The lowest BCUT2D eigenvalue weighted by atomic mass is 10.1. The summed E-state index contributed by atoms with van der Waals surface area (Å²) in [4.78, 5) is 15.0. The minimum atomic E-state index is -0.435. The van der Waals surface area contributed by atoms with Gasteiger partial charge in [-0.15, -0.1) is 11.3 Å². The van der Waals surface area contributed by atoms with Gasteiger partial charge in [0.25, 0.3) is 5.69 Å². The van der Waals surface area contributed by atoms with E-state index in [4.69, 9.17) is 0 Å². The molecule has 1 aromatic heterocycles. The fourth-order valence-electron chi connectivity index (χ4n) is 2.38. The molecular formula is C19H13N3O2S. The Morgan fingerprint density at radius 1 is 1.28 bits per heavy atom. The number of benzene rings is 2. The third kappa shape index (κ3) is 3.79. The van der Waals surface area contributed by atoms with E-state index in [0.717, 1.165) is 11.1 Å². The van der Waals surface area contributed by atoms with Crippen LogP contribution < -0.4 is 0 Å². The molecule has 0 bridgehead atoms. The number of nitriles is 1. The lowest BCUT2D eigenvalue weighted by Crippen LogP contribution is -1.88. The van der Waals surface area contributed by atoms with Gasteiger partial charge in [0.05, 0.1) is 16.2 Å². The van der Waals surface area contributed by atoms with Gasteiger partial charge in [-0.2, -0.15) is 5.26 Å². The van der Waals surface area contributed by atoms with Crippen molar-refractivity contribution in [2.45, 2.75) is 6.92 Å². The molecule has 0 fully saturated rings. The number of nitrogens with zero attached hydrogens (tertiary/aromatic N) is 3.